The van der Waals surface area contributed by atoms with Crippen LogP contribution in [0, 0.1) is 6.08 Å². The Morgan fingerprint density at radius 2 is 1.74 bits per heavy atom. The van der Waals surface area contributed by atoms with Crippen molar-refractivity contribution in [2.75, 3.05) is 0 Å². The van der Waals surface area contributed by atoms with E-state index in [0.29, 0.717) is 0 Å². The molecule has 1 aliphatic rings. The Kier molecular flexibility index (Phi) is 11.4. The number of allylic oxidation sites excluding steroid dienone is 3. The SMILES string of the molecule is CC(C)Oc1ccccc1OC1=[C-]CC=C1.Cl.Cl.[Ti]. The third kappa shape index (κ3) is 6.53. The van der Waals surface area contributed by atoms with Gasteiger partial charge in [0.05, 0.1) is 6.10 Å². The second-order valence-electron chi connectivity index (χ2n) is 3.86. The number of halogens is 2. The molecule has 0 fully saturated rings. The molecule has 1 aliphatic carbocycles. The Morgan fingerprint density at radius 1 is 1.11 bits per heavy atom. The maximum atomic E-state index is 5.70. The fourth-order valence-electron chi connectivity index (χ4n) is 1.46. The van der Waals surface area contributed by atoms with Gasteiger partial charge in [-0.25, -0.2) is 6.08 Å². The molecule has 0 spiro atoms. The molecule has 0 bridgehead atoms. The van der Waals surface area contributed by atoms with Crippen molar-refractivity contribution < 1.29 is 31.2 Å². The topological polar surface area (TPSA) is 18.5 Å². The second-order valence-corrected chi connectivity index (χ2v) is 3.86. The van der Waals surface area contributed by atoms with E-state index in [4.69, 9.17) is 9.47 Å². The molecule has 1 aromatic carbocycles. The quantitative estimate of drug-likeness (QED) is 0.602. The Hall–Kier alpha value is -0.406. The average Bonchev–Trinajstić information content (AvgIpc) is 2.73. The van der Waals surface area contributed by atoms with Crippen molar-refractivity contribution in [1.29, 1.82) is 0 Å². The smallest absolute Gasteiger partial charge is 0.164 e. The molecular weight excluding hydrogens is 319 g/mol. The summed E-state index contributed by atoms with van der Waals surface area (Å²) in [6, 6.07) is 7.68. The van der Waals surface area contributed by atoms with Crippen LogP contribution >= 0.6 is 24.8 Å². The monoisotopic (exact) mass is 335 g/mol. The molecule has 0 aliphatic heterocycles. The van der Waals surface area contributed by atoms with Crippen LogP contribution in [-0.2, 0) is 21.7 Å². The van der Waals surface area contributed by atoms with E-state index in [1.54, 1.807) is 0 Å². The fraction of sp³-hybridized carbons (Fsp3) is 0.286. The van der Waals surface area contributed by atoms with Crippen LogP contribution in [0.1, 0.15) is 20.3 Å². The van der Waals surface area contributed by atoms with Gasteiger partial charge in [-0.3, -0.25) is 0 Å². The summed E-state index contributed by atoms with van der Waals surface area (Å²) in [7, 11) is 0. The van der Waals surface area contributed by atoms with E-state index in [1.807, 2.05) is 50.3 Å². The average molecular weight is 336 g/mol. The van der Waals surface area contributed by atoms with Gasteiger partial charge in [-0.1, -0.05) is 12.1 Å². The standard InChI is InChI=1S/C14H15O2.2ClH.Ti/c1-11(2)15-13-9-5-6-10-14(13)16-12-7-3-4-8-12;;;/h3,5-7,9-11H,4H2,1-2H3;2*1H;/q-1;;;. The molecule has 0 radical (unpaired) electrons. The molecule has 2 rings (SSSR count). The Bertz CT molecular complexity index is 431. The molecule has 2 nitrogen and oxygen atoms in total. The summed E-state index contributed by atoms with van der Waals surface area (Å²) in [6.07, 6.45) is 8.01. The number of rotatable bonds is 4. The number of para-hydroxylation sites is 2. The number of hydrogen-bond donors (Lipinski definition) is 0. The molecule has 5 heteroatoms. The van der Waals surface area contributed by atoms with Gasteiger partial charge in [0.25, 0.3) is 0 Å². The van der Waals surface area contributed by atoms with Gasteiger partial charge in [-0.2, -0.15) is 12.2 Å². The largest absolute Gasteiger partial charge is 0.492 e. The molecular formula is C14H17Cl2O2Ti-. The van der Waals surface area contributed by atoms with Crippen molar-refractivity contribution >= 4 is 24.8 Å². The van der Waals surface area contributed by atoms with E-state index in [0.717, 1.165) is 23.7 Å². The molecule has 104 valence electrons. The van der Waals surface area contributed by atoms with Crippen LogP contribution < -0.4 is 9.47 Å². The maximum Gasteiger partial charge on any atom is 0.164 e. The van der Waals surface area contributed by atoms with Crippen LogP contribution in [0.5, 0.6) is 11.5 Å². The van der Waals surface area contributed by atoms with Gasteiger partial charge >= 0.3 is 0 Å². The second kappa shape index (κ2) is 10.4. The van der Waals surface area contributed by atoms with E-state index in [2.05, 4.69) is 6.08 Å². The molecule has 0 atom stereocenters. The molecule has 0 aromatic heterocycles. The van der Waals surface area contributed by atoms with E-state index >= 15 is 0 Å². The van der Waals surface area contributed by atoms with Gasteiger partial charge < -0.3 is 9.47 Å². The Labute approximate surface area is 142 Å². The van der Waals surface area contributed by atoms with Gasteiger partial charge in [0.15, 0.2) is 11.5 Å². The number of hydrogen-bond acceptors (Lipinski definition) is 2. The van der Waals surface area contributed by atoms with Crippen LogP contribution in [0.4, 0.5) is 0 Å². The molecule has 19 heavy (non-hydrogen) atoms. The minimum Gasteiger partial charge on any atom is -0.492 e. The minimum atomic E-state index is 0. The molecule has 0 N–H and O–H groups in total. The normalized spacial score (nSPS) is 11.8. The summed E-state index contributed by atoms with van der Waals surface area (Å²) in [5, 5.41) is 0. The first kappa shape index (κ1) is 20.9. The van der Waals surface area contributed by atoms with Crippen molar-refractivity contribution in [1.82, 2.24) is 0 Å². The van der Waals surface area contributed by atoms with Crippen LogP contribution in [0.3, 0.4) is 0 Å². The molecule has 0 saturated carbocycles. The third-order valence-corrected chi connectivity index (χ3v) is 2.10. The predicted molar refractivity (Wildman–Crippen MR) is 77.8 cm³/mol. The van der Waals surface area contributed by atoms with E-state index < -0.39 is 0 Å². The summed E-state index contributed by atoms with van der Waals surface area (Å²) in [5.74, 6) is 2.28. The van der Waals surface area contributed by atoms with Crippen LogP contribution in [0.15, 0.2) is 42.2 Å². The van der Waals surface area contributed by atoms with Crippen LogP contribution in [0.2, 0.25) is 0 Å². The Balaban J connectivity index is 0. The van der Waals surface area contributed by atoms with Crippen molar-refractivity contribution in [2.24, 2.45) is 0 Å². The first-order chi connectivity index (χ1) is 7.75. The summed E-state index contributed by atoms with van der Waals surface area (Å²) in [5.41, 5.74) is 0. The van der Waals surface area contributed by atoms with Gasteiger partial charge in [0.1, 0.15) is 0 Å². The summed E-state index contributed by atoms with van der Waals surface area (Å²) >= 11 is 0. The van der Waals surface area contributed by atoms with Gasteiger partial charge in [-0.05, 0) is 31.7 Å². The van der Waals surface area contributed by atoms with E-state index in [1.165, 1.54) is 0 Å². The predicted octanol–water partition coefficient (Wildman–Crippen LogP) is 4.34. The molecule has 1 aromatic rings. The Morgan fingerprint density at radius 3 is 2.26 bits per heavy atom. The van der Waals surface area contributed by atoms with Gasteiger partial charge in [0, 0.05) is 21.7 Å². The van der Waals surface area contributed by atoms with Crippen molar-refractivity contribution in [3.05, 3.63) is 48.3 Å². The van der Waals surface area contributed by atoms with E-state index in [-0.39, 0.29) is 52.6 Å². The van der Waals surface area contributed by atoms with Crippen molar-refractivity contribution in [3.8, 4) is 11.5 Å². The van der Waals surface area contributed by atoms with Crippen LogP contribution in [-0.4, -0.2) is 6.10 Å². The van der Waals surface area contributed by atoms with Gasteiger partial charge in [0.2, 0.25) is 0 Å². The zero-order valence-corrected chi connectivity index (χ0v) is 14.1. The van der Waals surface area contributed by atoms with Crippen molar-refractivity contribution in [3.63, 3.8) is 0 Å². The summed E-state index contributed by atoms with van der Waals surface area (Å²) < 4.78 is 11.4. The molecule has 0 amide bonds. The zero-order chi connectivity index (χ0) is 11.4. The maximum absolute atomic E-state index is 5.70. The summed E-state index contributed by atoms with van der Waals surface area (Å²) in [6.45, 7) is 4.00. The first-order valence-electron chi connectivity index (χ1n) is 5.46. The first-order valence-corrected chi connectivity index (χ1v) is 5.46. The van der Waals surface area contributed by atoms with Gasteiger partial charge in [-0.15, -0.1) is 31.2 Å². The van der Waals surface area contributed by atoms with E-state index in [9.17, 15) is 0 Å². The molecule has 0 unspecified atom stereocenters. The number of benzene rings is 1. The summed E-state index contributed by atoms with van der Waals surface area (Å²) in [4.78, 5) is 0. The number of ether oxygens (including phenoxy) is 2. The molecule has 0 saturated heterocycles. The third-order valence-electron chi connectivity index (χ3n) is 2.10. The minimum absolute atomic E-state index is 0. The van der Waals surface area contributed by atoms with Crippen molar-refractivity contribution in [2.45, 2.75) is 26.4 Å². The zero-order valence-electron chi connectivity index (χ0n) is 10.9. The fourth-order valence-corrected chi connectivity index (χ4v) is 1.46. The molecule has 0 heterocycles. The van der Waals surface area contributed by atoms with Crippen LogP contribution in [0.25, 0.3) is 0 Å².